The molecule has 1 aliphatic rings. The molecule has 186 valence electrons. The highest BCUT2D eigenvalue weighted by Crippen LogP contribution is 2.39. The predicted molar refractivity (Wildman–Crippen MR) is 125 cm³/mol. The SMILES string of the molecule is CC(C)(C)OC(=O)N[C@@H]1CCC(n2cc(-c3ccc(OC(F)(F)F)cc3)c3cc(C=O)ccc32)C1. The zero-order valence-corrected chi connectivity index (χ0v) is 19.7. The van der Waals surface area contributed by atoms with Gasteiger partial charge in [-0.25, -0.2) is 4.79 Å². The second-order valence-electron chi connectivity index (χ2n) is 9.73. The molecule has 2 atom stereocenters. The Hall–Kier alpha value is -3.49. The molecule has 1 fully saturated rings. The van der Waals surface area contributed by atoms with Crippen LogP contribution in [-0.2, 0) is 4.74 Å². The number of alkyl carbamates (subject to hydrolysis) is 1. The van der Waals surface area contributed by atoms with Crippen molar-refractivity contribution in [3.05, 3.63) is 54.2 Å². The zero-order chi connectivity index (χ0) is 25.4. The van der Waals surface area contributed by atoms with Crippen LogP contribution in [0.25, 0.3) is 22.0 Å². The van der Waals surface area contributed by atoms with Crippen molar-refractivity contribution in [2.75, 3.05) is 0 Å². The van der Waals surface area contributed by atoms with Crippen LogP contribution in [0.1, 0.15) is 56.4 Å². The molecule has 0 spiro atoms. The van der Waals surface area contributed by atoms with Crippen molar-refractivity contribution in [3.8, 4) is 16.9 Å². The molecule has 1 saturated carbocycles. The lowest BCUT2D eigenvalue weighted by molar-refractivity contribution is -0.274. The minimum Gasteiger partial charge on any atom is -0.444 e. The number of aromatic nitrogens is 1. The highest BCUT2D eigenvalue weighted by Gasteiger charge is 2.32. The van der Waals surface area contributed by atoms with Crippen molar-refractivity contribution in [1.82, 2.24) is 9.88 Å². The smallest absolute Gasteiger partial charge is 0.444 e. The first-order valence-corrected chi connectivity index (χ1v) is 11.4. The number of hydrogen-bond acceptors (Lipinski definition) is 4. The third-order valence-electron chi connectivity index (χ3n) is 5.91. The van der Waals surface area contributed by atoms with Crippen LogP contribution >= 0.6 is 0 Å². The molecular formula is C26H27F3N2O4. The quantitative estimate of drug-likeness (QED) is 0.409. The molecule has 1 amide bonds. The Morgan fingerprint density at radius 2 is 1.80 bits per heavy atom. The molecule has 4 rings (SSSR count). The van der Waals surface area contributed by atoms with E-state index in [4.69, 9.17) is 4.74 Å². The van der Waals surface area contributed by atoms with Crippen molar-refractivity contribution in [1.29, 1.82) is 0 Å². The zero-order valence-electron chi connectivity index (χ0n) is 19.7. The number of carbonyl (C=O) groups is 2. The number of amides is 1. The van der Waals surface area contributed by atoms with Gasteiger partial charge in [-0.3, -0.25) is 4.79 Å². The standard InChI is InChI=1S/C26H27F3N2O4/c1-25(2,3)35-24(33)30-18-7-8-19(13-18)31-14-22(21-12-16(15-32)4-11-23(21)31)17-5-9-20(10-6-17)34-26(27,28)29/h4-6,9-12,14-15,18-19H,7-8,13H2,1-3H3,(H,30,33)/t18-,19?/m1/s1. The number of fused-ring (bicyclic) bond motifs is 1. The van der Waals surface area contributed by atoms with Crippen molar-refractivity contribution in [3.63, 3.8) is 0 Å². The van der Waals surface area contributed by atoms with E-state index in [2.05, 4.69) is 14.6 Å². The number of nitrogens with zero attached hydrogens (tertiary/aromatic N) is 1. The number of ether oxygens (including phenoxy) is 2. The second kappa shape index (κ2) is 9.28. The van der Waals surface area contributed by atoms with Gasteiger partial charge in [-0.1, -0.05) is 12.1 Å². The fraction of sp³-hybridized carbons (Fsp3) is 0.385. The van der Waals surface area contributed by atoms with Gasteiger partial charge in [0.1, 0.15) is 17.6 Å². The number of benzene rings is 2. The number of halogens is 3. The molecule has 9 heteroatoms. The largest absolute Gasteiger partial charge is 0.573 e. The molecule has 1 N–H and O–H groups in total. The van der Waals surface area contributed by atoms with Gasteiger partial charge in [0.05, 0.1) is 0 Å². The lowest BCUT2D eigenvalue weighted by atomic mass is 10.0. The molecule has 3 aromatic rings. The number of hydrogen-bond donors (Lipinski definition) is 1. The summed E-state index contributed by atoms with van der Waals surface area (Å²) in [5.74, 6) is -0.301. The van der Waals surface area contributed by atoms with Crippen molar-refractivity contribution in [2.45, 2.75) is 64.1 Å². The molecule has 0 saturated heterocycles. The molecule has 35 heavy (non-hydrogen) atoms. The molecule has 1 heterocycles. The summed E-state index contributed by atoms with van der Waals surface area (Å²) in [4.78, 5) is 23.6. The van der Waals surface area contributed by atoms with E-state index in [1.54, 1.807) is 24.3 Å². The number of rotatable bonds is 5. The summed E-state index contributed by atoms with van der Waals surface area (Å²) in [7, 11) is 0. The van der Waals surface area contributed by atoms with Crippen LogP contribution < -0.4 is 10.1 Å². The van der Waals surface area contributed by atoms with E-state index in [0.29, 0.717) is 17.5 Å². The Kier molecular flexibility index (Phi) is 6.53. The molecule has 0 bridgehead atoms. The number of carbonyl (C=O) groups excluding carboxylic acids is 2. The van der Waals surface area contributed by atoms with Crippen LogP contribution in [0.4, 0.5) is 18.0 Å². The first-order valence-electron chi connectivity index (χ1n) is 11.4. The van der Waals surface area contributed by atoms with Crippen LogP contribution in [0.2, 0.25) is 0 Å². The van der Waals surface area contributed by atoms with Crippen LogP contribution in [-0.4, -0.2) is 35.0 Å². The maximum Gasteiger partial charge on any atom is 0.573 e. The van der Waals surface area contributed by atoms with Crippen molar-refractivity contribution < 1.29 is 32.2 Å². The maximum atomic E-state index is 12.5. The summed E-state index contributed by atoms with van der Waals surface area (Å²) >= 11 is 0. The molecule has 0 radical (unpaired) electrons. The van der Waals surface area contributed by atoms with Crippen molar-refractivity contribution in [2.24, 2.45) is 0 Å². The normalized spacial score (nSPS) is 18.5. The van der Waals surface area contributed by atoms with E-state index >= 15 is 0 Å². The van der Waals surface area contributed by atoms with Crippen LogP contribution in [0.3, 0.4) is 0 Å². The monoisotopic (exact) mass is 488 g/mol. The van der Waals surface area contributed by atoms with E-state index < -0.39 is 18.1 Å². The predicted octanol–water partition coefficient (Wildman–Crippen LogP) is 6.64. The first kappa shape index (κ1) is 24.6. The Labute approximate surface area is 201 Å². The Bertz CT molecular complexity index is 1230. The maximum absolute atomic E-state index is 12.5. The van der Waals surface area contributed by atoms with E-state index in [1.165, 1.54) is 12.1 Å². The van der Waals surface area contributed by atoms with Crippen LogP contribution in [0, 0.1) is 0 Å². The summed E-state index contributed by atoms with van der Waals surface area (Å²) in [6, 6.07) is 11.1. The average Bonchev–Trinajstić information content (AvgIpc) is 3.35. The average molecular weight is 489 g/mol. The van der Waals surface area contributed by atoms with Gasteiger partial charge in [-0.05, 0) is 75.9 Å². The fourth-order valence-corrected chi connectivity index (χ4v) is 4.53. The minimum atomic E-state index is -4.76. The summed E-state index contributed by atoms with van der Waals surface area (Å²) in [5, 5.41) is 3.76. The van der Waals surface area contributed by atoms with E-state index in [0.717, 1.165) is 35.6 Å². The second-order valence-corrected chi connectivity index (χ2v) is 9.73. The van der Waals surface area contributed by atoms with Crippen LogP contribution in [0.15, 0.2) is 48.7 Å². The first-order chi connectivity index (χ1) is 16.4. The Morgan fingerprint density at radius 3 is 2.43 bits per heavy atom. The van der Waals surface area contributed by atoms with E-state index in [9.17, 15) is 22.8 Å². The highest BCUT2D eigenvalue weighted by atomic mass is 19.4. The molecule has 1 unspecified atom stereocenters. The van der Waals surface area contributed by atoms with Crippen LogP contribution in [0.5, 0.6) is 5.75 Å². The fourth-order valence-electron chi connectivity index (χ4n) is 4.53. The summed E-state index contributed by atoms with van der Waals surface area (Å²) in [6.07, 6.45) is -0.167. The lowest BCUT2D eigenvalue weighted by Crippen LogP contribution is -2.38. The van der Waals surface area contributed by atoms with E-state index in [-0.39, 0.29) is 17.8 Å². The van der Waals surface area contributed by atoms with E-state index in [1.807, 2.05) is 33.0 Å². The summed E-state index contributed by atoms with van der Waals surface area (Å²) in [6.45, 7) is 5.44. The molecule has 1 aliphatic carbocycles. The lowest BCUT2D eigenvalue weighted by Gasteiger charge is -2.22. The molecule has 2 aromatic carbocycles. The summed E-state index contributed by atoms with van der Waals surface area (Å²) in [5.41, 5.74) is 2.33. The van der Waals surface area contributed by atoms with Crippen molar-refractivity contribution >= 4 is 23.3 Å². The molecule has 0 aliphatic heterocycles. The third-order valence-corrected chi connectivity index (χ3v) is 5.91. The van der Waals surface area contributed by atoms with Gasteiger partial charge < -0.3 is 19.4 Å². The minimum absolute atomic E-state index is 0.0381. The van der Waals surface area contributed by atoms with Gasteiger partial charge in [0, 0.05) is 40.3 Å². The summed E-state index contributed by atoms with van der Waals surface area (Å²) < 4.78 is 49.1. The van der Waals surface area contributed by atoms with Gasteiger partial charge >= 0.3 is 12.5 Å². The molecule has 1 aromatic heterocycles. The number of alkyl halides is 3. The molecular weight excluding hydrogens is 461 g/mol. The van der Waals surface area contributed by atoms with Gasteiger partial charge in [0.25, 0.3) is 0 Å². The van der Waals surface area contributed by atoms with Gasteiger partial charge in [-0.15, -0.1) is 13.2 Å². The number of aldehydes is 1. The Morgan fingerprint density at radius 1 is 1.09 bits per heavy atom. The highest BCUT2D eigenvalue weighted by molar-refractivity contribution is 5.99. The third kappa shape index (κ3) is 5.96. The van der Waals surface area contributed by atoms with Gasteiger partial charge in [0.15, 0.2) is 0 Å². The Balaban J connectivity index is 1.62. The van der Waals surface area contributed by atoms with Gasteiger partial charge in [-0.2, -0.15) is 0 Å². The topological polar surface area (TPSA) is 69.6 Å². The number of nitrogens with one attached hydrogen (secondary N) is 1. The van der Waals surface area contributed by atoms with Gasteiger partial charge in [0.2, 0.25) is 0 Å². The molecule has 6 nitrogen and oxygen atoms in total.